The zero-order chi connectivity index (χ0) is 14.6. The molecule has 0 spiro atoms. The van der Waals surface area contributed by atoms with E-state index in [1.165, 1.54) is 0 Å². The van der Waals surface area contributed by atoms with Crippen LogP contribution in [-0.4, -0.2) is 41.8 Å². The number of nitrogens with one attached hydrogen (secondary N) is 2. The molecule has 8 heteroatoms. The van der Waals surface area contributed by atoms with Crippen molar-refractivity contribution in [3.8, 4) is 6.01 Å². The van der Waals surface area contributed by atoms with E-state index in [0.717, 1.165) is 38.8 Å². The number of rotatable bonds is 11. The first-order valence-electron chi connectivity index (χ1n) is 6.88. The molecule has 0 amide bonds. The molecule has 114 valence electrons. The van der Waals surface area contributed by atoms with E-state index in [9.17, 15) is 0 Å². The van der Waals surface area contributed by atoms with Crippen LogP contribution < -0.4 is 21.3 Å². The van der Waals surface area contributed by atoms with Gasteiger partial charge >= 0.3 is 6.01 Å². The van der Waals surface area contributed by atoms with Crippen LogP contribution in [0.2, 0.25) is 0 Å². The number of ether oxygens (including phenoxy) is 2. The lowest BCUT2D eigenvalue weighted by Crippen LogP contribution is -2.15. The van der Waals surface area contributed by atoms with Crippen molar-refractivity contribution < 1.29 is 9.47 Å². The van der Waals surface area contributed by atoms with Crippen LogP contribution in [0.3, 0.4) is 0 Å². The first-order valence-corrected chi connectivity index (χ1v) is 6.88. The van der Waals surface area contributed by atoms with Crippen molar-refractivity contribution in [2.45, 2.75) is 32.6 Å². The van der Waals surface area contributed by atoms with E-state index in [4.69, 9.17) is 15.3 Å². The van der Waals surface area contributed by atoms with Gasteiger partial charge in [-0.3, -0.25) is 5.43 Å². The summed E-state index contributed by atoms with van der Waals surface area (Å²) in [6.45, 7) is 4.15. The van der Waals surface area contributed by atoms with Crippen molar-refractivity contribution in [1.82, 2.24) is 15.0 Å². The second-order valence-electron chi connectivity index (χ2n) is 4.24. The molecule has 1 rings (SSSR count). The standard InChI is InChI=1S/C12H24N6O2/c1-3-8-20-12-16-10(15-11(17-12)18-13)14-7-5-4-6-9-19-2/h3-9,13H2,1-2H3,(H2,14,15,16,17,18). The summed E-state index contributed by atoms with van der Waals surface area (Å²) in [6, 6.07) is 0.275. The molecule has 0 fully saturated rings. The molecule has 0 aliphatic rings. The predicted molar refractivity (Wildman–Crippen MR) is 77.6 cm³/mol. The molecule has 0 saturated heterocycles. The van der Waals surface area contributed by atoms with Gasteiger partial charge in [-0.1, -0.05) is 6.92 Å². The molecule has 1 aromatic heterocycles. The number of hydrogen-bond acceptors (Lipinski definition) is 8. The minimum atomic E-state index is 0.275. The molecule has 0 aliphatic heterocycles. The summed E-state index contributed by atoms with van der Waals surface area (Å²) in [5, 5.41) is 3.13. The lowest BCUT2D eigenvalue weighted by atomic mass is 10.2. The van der Waals surface area contributed by atoms with Gasteiger partial charge in [0.25, 0.3) is 0 Å². The van der Waals surface area contributed by atoms with Crippen molar-refractivity contribution in [3.63, 3.8) is 0 Å². The van der Waals surface area contributed by atoms with Gasteiger partial charge in [-0.2, -0.15) is 15.0 Å². The Balaban J connectivity index is 2.42. The lowest BCUT2D eigenvalue weighted by Gasteiger charge is -2.08. The molecule has 0 atom stereocenters. The van der Waals surface area contributed by atoms with E-state index in [-0.39, 0.29) is 12.0 Å². The predicted octanol–water partition coefficient (Wildman–Crippen LogP) is 1.17. The first-order chi connectivity index (χ1) is 9.80. The number of hydrogen-bond donors (Lipinski definition) is 3. The van der Waals surface area contributed by atoms with Crippen molar-refractivity contribution in [2.24, 2.45) is 5.84 Å². The Morgan fingerprint density at radius 3 is 2.55 bits per heavy atom. The third-order valence-corrected chi connectivity index (χ3v) is 2.49. The monoisotopic (exact) mass is 284 g/mol. The average Bonchev–Trinajstić information content (AvgIpc) is 2.48. The van der Waals surface area contributed by atoms with Crippen LogP contribution in [0.1, 0.15) is 32.6 Å². The maximum atomic E-state index is 5.38. The van der Waals surface area contributed by atoms with Gasteiger partial charge in [0.15, 0.2) is 0 Å². The summed E-state index contributed by atoms with van der Waals surface area (Å²) in [5.41, 5.74) is 2.40. The van der Waals surface area contributed by atoms with Crippen LogP contribution in [0.5, 0.6) is 6.01 Å². The van der Waals surface area contributed by atoms with E-state index in [1.54, 1.807) is 7.11 Å². The molecule has 0 aromatic carbocycles. The van der Waals surface area contributed by atoms with Gasteiger partial charge in [0.05, 0.1) is 6.61 Å². The third kappa shape index (κ3) is 6.48. The van der Waals surface area contributed by atoms with Crippen LogP contribution in [0.25, 0.3) is 0 Å². The SMILES string of the molecule is CCCOc1nc(NN)nc(NCCCCCOC)n1. The number of hydrazine groups is 1. The van der Waals surface area contributed by atoms with Crippen LogP contribution >= 0.6 is 0 Å². The summed E-state index contributed by atoms with van der Waals surface area (Å²) < 4.78 is 10.4. The van der Waals surface area contributed by atoms with Gasteiger partial charge in [-0.15, -0.1) is 0 Å². The third-order valence-electron chi connectivity index (χ3n) is 2.49. The highest BCUT2D eigenvalue weighted by atomic mass is 16.5. The van der Waals surface area contributed by atoms with Gasteiger partial charge < -0.3 is 14.8 Å². The van der Waals surface area contributed by atoms with Crippen LogP contribution in [0.4, 0.5) is 11.9 Å². The summed E-state index contributed by atoms with van der Waals surface area (Å²) in [4.78, 5) is 12.3. The number of unbranched alkanes of at least 4 members (excludes halogenated alkanes) is 2. The molecule has 0 bridgehead atoms. The highest BCUT2D eigenvalue weighted by Gasteiger charge is 2.06. The lowest BCUT2D eigenvalue weighted by molar-refractivity contribution is 0.192. The molecule has 0 saturated carbocycles. The highest BCUT2D eigenvalue weighted by Crippen LogP contribution is 2.10. The maximum Gasteiger partial charge on any atom is 0.323 e. The molecular formula is C12H24N6O2. The van der Waals surface area contributed by atoms with Crippen molar-refractivity contribution >= 4 is 11.9 Å². The minimum Gasteiger partial charge on any atom is -0.463 e. The van der Waals surface area contributed by atoms with Gasteiger partial charge in [-0.05, 0) is 25.7 Å². The smallest absolute Gasteiger partial charge is 0.323 e. The second-order valence-corrected chi connectivity index (χ2v) is 4.24. The van der Waals surface area contributed by atoms with Crippen LogP contribution in [0.15, 0.2) is 0 Å². The quantitative estimate of drug-likeness (QED) is 0.316. The van der Waals surface area contributed by atoms with Crippen molar-refractivity contribution in [1.29, 1.82) is 0 Å². The van der Waals surface area contributed by atoms with E-state index < -0.39 is 0 Å². The number of anilines is 2. The van der Waals surface area contributed by atoms with Gasteiger partial charge in [0.1, 0.15) is 0 Å². The number of nitrogens with zero attached hydrogens (tertiary/aromatic N) is 3. The molecule has 0 aliphatic carbocycles. The van der Waals surface area contributed by atoms with Gasteiger partial charge in [-0.25, -0.2) is 5.84 Å². The van der Waals surface area contributed by atoms with E-state index >= 15 is 0 Å². The zero-order valence-electron chi connectivity index (χ0n) is 12.2. The van der Waals surface area contributed by atoms with Crippen LogP contribution in [0, 0.1) is 0 Å². The largest absolute Gasteiger partial charge is 0.463 e. The second kappa shape index (κ2) is 10.2. The minimum absolute atomic E-state index is 0.275. The molecule has 0 radical (unpaired) electrons. The van der Waals surface area contributed by atoms with Crippen molar-refractivity contribution in [2.75, 3.05) is 37.6 Å². The Hall–Kier alpha value is -1.67. The van der Waals surface area contributed by atoms with E-state index in [0.29, 0.717) is 12.6 Å². The Morgan fingerprint density at radius 2 is 1.85 bits per heavy atom. The molecule has 20 heavy (non-hydrogen) atoms. The number of aromatic nitrogens is 3. The maximum absolute atomic E-state index is 5.38. The molecular weight excluding hydrogens is 260 g/mol. The fourth-order valence-electron chi connectivity index (χ4n) is 1.51. The Labute approximate surface area is 119 Å². The average molecular weight is 284 g/mol. The topological polar surface area (TPSA) is 107 Å². The van der Waals surface area contributed by atoms with Crippen molar-refractivity contribution in [3.05, 3.63) is 0 Å². The fourth-order valence-corrected chi connectivity index (χ4v) is 1.51. The molecule has 8 nitrogen and oxygen atoms in total. The molecule has 0 unspecified atom stereocenters. The van der Waals surface area contributed by atoms with Crippen LogP contribution in [-0.2, 0) is 4.74 Å². The Bertz CT molecular complexity index is 377. The highest BCUT2D eigenvalue weighted by molar-refractivity contribution is 5.34. The summed E-state index contributed by atoms with van der Waals surface area (Å²) >= 11 is 0. The first kappa shape index (κ1) is 16.4. The Kier molecular flexibility index (Phi) is 8.32. The summed E-state index contributed by atoms with van der Waals surface area (Å²) in [5.74, 6) is 6.07. The normalized spacial score (nSPS) is 10.3. The summed E-state index contributed by atoms with van der Waals surface area (Å²) in [6.07, 6.45) is 4.05. The summed E-state index contributed by atoms with van der Waals surface area (Å²) in [7, 11) is 1.71. The molecule has 1 aromatic rings. The van der Waals surface area contributed by atoms with E-state index in [2.05, 4.69) is 25.7 Å². The molecule has 1 heterocycles. The Morgan fingerprint density at radius 1 is 1.05 bits per heavy atom. The number of methoxy groups -OCH3 is 1. The zero-order valence-corrected chi connectivity index (χ0v) is 12.2. The van der Waals surface area contributed by atoms with Gasteiger partial charge in [0, 0.05) is 20.3 Å². The molecule has 4 N–H and O–H groups in total. The number of nitrogen functional groups attached to an aromatic ring is 1. The number of nitrogens with two attached hydrogens (primary N) is 1. The fraction of sp³-hybridized carbons (Fsp3) is 0.750. The van der Waals surface area contributed by atoms with Gasteiger partial charge in [0.2, 0.25) is 11.9 Å². The van der Waals surface area contributed by atoms with E-state index in [1.807, 2.05) is 6.92 Å².